The molecule has 1 atom stereocenters. The molecule has 0 aliphatic heterocycles. The molecular formula is C17H36N2O. The molecule has 0 spiro atoms. The molecule has 0 saturated heterocycles. The van der Waals surface area contributed by atoms with E-state index in [-0.39, 0.29) is 0 Å². The number of methoxy groups -OCH3 is 1. The van der Waals surface area contributed by atoms with Crippen molar-refractivity contribution in [2.45, 2.75) is 59.4 Å². The molecule has 0 heterocycles. The molecule has 1 saturated carbocycles. The van der Waals surface area contributed by atoms with Crippen molar-refractivity contribution in [2.75, 3.05) is 39.9 Å². The number of nitrogens with zero attached hydrogens (tertiary/aromatic N) is 1. The van der Waals surface area contributed by atoms with Crippen LogP contribution in [0.25, 0.3) is 0 Å². The van der Waals surface area contributed by atoms with E-state index in [0.717, 1.165) is 25.6 Å². The molecule has 1 fully saturated rings. The fourth-order valence-electron chi connectivity index (χ4n) is 3.51. The minimum atomic E-state index is 0.473. The van der Waals surface area contributed by atoms with Gasteiger partial charge >= 0.3 is 0 Å². The van der Waals surface area contributed by atoms with Crippen molar-refractivity contribution in [3.05, 3.63) is 0 Å². The molecule has 3 nitrogen and oxygen atoms in total. The summed E-state index contributed by atoms with van der Waals surface area (Å²) < 4.78 is 5.35. The van der Waals surface area contributed by atoms with Crippen LogP contribution in [0.3, 0.4) is 0 Å². The van der Waals surface area contributed by atoms with Crippen LogP contribution in [-0.2, 0) is 4.74 Å². The summed E-state index contributed by atoms with van der Waals surface area (Å²) in [5.41, 5.74) is 0.473. The molecule has 1 unspecified atom stereocenters. The van der Waals surface area contributed by atoms with Crippen molar-refractivity contribution in [1.82, 2.24) is 10.2 Å². The van der Waals surface area contributed by atoms with E-state index in [1.54, 1.807) is 7.11 Å². The number of hydrogen-bond acceptors (Lipinski definition) is 3. The first-order valence-corrected chi connectivity index (χ1v) is 8.50. The smallest absolute Gasteiger partial charge is 0.0615 e. The third-order valence-corrected chi connectivity index (χ3v) is 5.06. The quantitative estimate of drug-likeness (QED) is 0.704. The Bertz CT molecular complexity index is 244. The maximum Gasteiger partial charge on any atom is 0.0615 e. The highest BCUT2D eigenvalue weighted by Crippen LogP contribution is 2.39. The summed E-state index contributed by atoms with van der Waals surface area (Å²) in [4.78, 5) is 2.61. The van der Waals surface area contributed by atoms with Crippen LogP contribution in [0.5, 0.6) is 0 Å². The molecule has 1 rings (SSSR count). The van der Waals surface area contributed by atoms with Crippen molar-refractivity contribution in [3.63, 3.8) is 0 Å². The average Bonchev–Trinajstić information content (AvgIpc) is 2.46. The molecule has 1 aliphatic rings. The van der Waals surface area contributed by atoms with Gasteiger partial charge in [-0.25, -0.2) is 0 Å². The second kappa shape index (κ2) is 9.01. The summed E-state index contributed by atoms with van der Waals surface area (Å²) in [7, 11) is 1.81. The minimum Gasteiger partial charge on any atom is -0.383 e. The highest BCUT2D eigenvalue weighted by molar-refractivity contribution is 4.90. The number of rotatable bonds is 9. The predicted octanol–water partition coefficient (Wildman–Crippen LogP) is 3.15. The lowest BCUT2D eigenvalue weighted by molar-refractivity contribution is 0.0415. The van der Waals surface area contributed by atoms with E-state index in [2.05, 4.69) is 37.9 Å². The maximum atomic E-state index is 5.35. The first-order valence-electron chi connectivity index (χ1n) is 8.50. The van der Waals surface area contributed by atoms with Crippen LogP contribution < -0.4 is 5.32 Å². The Kier molecular flexibility index (Phi) is 8.08. The van der Waals surface area contributed by atoms with Crippen LogP contribution in [-0.4, -0.2) is 50.8 Å². The summed E-state index contributed by atoms with van der Waals surface area (Å²) in [6, 6.07) is 0.517. The fraction of sp³-hybridized carbons (Fsp3) is 1.00. The molecule has 0 bridgehead atoms. The highest BCUT2D eigenvalue weighted by Gasteiger charge is 2.36. The van der Waals surface area contributed by atoms with E-state index in [4.69, 9.17) is 4.74 Å². The van der Waals surface area contributed by atoms with Crippen LogP contribution in [0.1, 0.15) is 53.4 Å². The lowest BCUT2D eigenvalue weighted by Gasteiger charge is -2.44. The normalized spacial score (nSPS) is 28.8. The van der Waals surface area contributed by atoms with E-state index in [9.17, 15) is 0 Å². The Hall–Kier alpha value is -0.120. The van der Waals surface area contributed by atoms with Gasteiger partial charge < -0.3 is 10.1 Å². The minimum absolute atomic E-state index is 0.473. The van der Waals surface area contributed by atoms with Crippen molar-refractivity contribution in [1.29, 1.82) is 0 Å². The molecule has 1 aliphatic carbocycles. The van der Waals surface area contributed by atoms with Gasteiger partial charge in [0.05, 0.1) is 6.61 Å². The lowest BCUT2D eigenvalue weighted by atomic mass is 9.70. The number of nitrogens with one attached hydrogen (secondary N) is 1. The Balaban J connectivity index is 2.67. The Morgan fingerprint density at radius 1 is 1.30 bits per heavy atom. The molecule has 0 aromatic carbocycles. The van der Waals surface area contributed by atoms with Gasteiger partial charge in [-0.05, 0) is 44.2 Å². The van der Waals surface area contributed by atoms with E-state index in [1.807, 2.05) is 0 Å². The highest BCUT2D eigenvalue weighted by atomic mass is 16.5. The molecule has 120 valence electrons. The first-order chi connectivity index (χ1) is 9.56. The molecular weight excluding hydrogens is 248 g/mol. The van der Waals surface area contributed by atoms with Gasteiger partial charge in [0, 0.05) is 26.2 Å². The zero-order valence-corrected chi connectivity index (χ0v) is 14.4. The average molecular weight is 284 g/mol. The standard InChI is InChI=1S/C17H36N2O/c1-6-18-13-17(10-8-15(3)9-11-17)14-19(7-2)16(4)12-20-5/h15-16,18H,6-14H2,1-5H3. The Morgan fingerprint density at radius 2 is 1.95 bits per heavy atom. The van der Waals surface area contributed by atoms with E-state index in [1.165, 1.54) is 38.8 Å². The number of likely N-dealkylation sites (N-methyl/N-ethyl adjacent to an activating group) is 1. The van der Waals surface area contributed by atoms with Crippen molar-refractivity contribution < 1.29 is 4.74 Å². The van der Waals surface area contributed by atoms with Gasteiger partial charge in [-0.3, -0.25) is 4.90 Å². The van der Waals surface area contributed by atoms with Gasteiger partial charge in [-0.1, -0.05) is 33.6 Å². The SMILES string of the molecule is CCNCC1(CN(CC)C(C)COC)CCC(C)CC1. The Labute approximate surface area is 126 Å². The van der Waals surface area contributed by atoms with Gasteiger partial charge in [0.2, 0.25) is 0 Å². The third-order valence-electron chi connectivity index (χ3n) is 5.06. The first kappa shape index (κ1) is 17.9. The van der Waals surface area contributed by atoms with E-state index >= 15 is 0 Å². The molecule has 20 heavy (non-hydrogen) atoms. The second-order valence-corrected chi connectivity index (χ2v) is 6.83. The monoisotopic (exact) mass is 284 g/mol. The molecule has 0 aromatic heterocycles. The van der Waals surface area contributed by atoms with Crippen LogP contribution in [0.2, 0.25) is 0 Å². The van der Waals surface area contributed by atoms with E-state index < -0.39 is 0 Å². The maximum absolute atomic E-state index is 5.35. The fourth-order valence-corrected chi connectivity index (χ4v) is 3.51. The molecule has 0 radical (unpaired) electrons. The second-order valence-electron chi connectivity index (χ2n) is 6.83. The summed E-state index contributed by atoms with van der Waals surface area (Å²) in [6.45, 7) is 14.6. The Morgan fingerprint density at radius 3 is 2.45 bits per heavy atom. The van der Waals surface area contributed by atoms with Gasteiger partial charge in [-0.15, -0.1) is 0 Å². The number of hydrogen-bond donors (Lipinski definition) is 1. The third kappa shape index (κ3) is 5.34. The number of ether oxygens (including phenoxy) is 1. The largest absolute Gasteiger partial charge is 0.383 e. The summed E-state index contributed by atoms with van der Waals surface area (Å²) in [5, 5.41) is 3.62. The van der Waals surface area contributed by atoms with Crippen LogP contribution in [0.15, 0.2) is 0 Å². The molecule has 1 N–H and O–H groups in total. The topological polar surface area (TPSA) is 24.5 Å². The van der Waals surface area contributed by atoms with Gasteiger partial charge in [0.15, 0.2) is 0 Å². The van der Waals surface area contributed by atoms with Crippen molar-refractivity contribution in [3.8, 4) is 0 Å². The summed E-state index contributed by atoms with van der Waals surface area (Å²) in [6.07, 6.45) is 5.53. The van der Waals surface area contributed by atoms with E-state index in [0.29, 0.717) is 11.5 Å². The van der Waals surface area contributed by atoms with Gasteiger partial charge in [0.1, 0.15) is 0 Å². The van der Waals surface area contributed by atoms with Crippen LogP contribution in [0, 0.1) is 11.3 Å². The zero-order valence-electron chi connectivity index (χ0n) is 14.4. The summed E-state index contributed by atoms with van der Waals surface area (Å²) >= 11 is 0. The molecule has 0 aromatic rings. The predicted molar refractivity (Wildman–Crippen MR) is 87.2 cm³/mol. The van der Waals surface area contributed by atoms with Crippen molar-refractivity contribution >= 4 is 0 Å². The summed E-state index contributed by atoms with van der Waals surface area (Å²) in [5.74, 6) is 0.913. The van der Waals surface area contributed by atoms with Gasteiger partial charge in [0.25, 0.3) is 0 Å². The van der Waals surface area contributed by atoms with Crippen molar-refractivity contribution in [2.24, 2.45) is 11.3 Å². The van der Waals surface area contributed by atoms with Crippen LogP contribution >= 0.6 is 0 Å². The molecule has 3 heteroatoms. The lowest BCUT2D eigenvalue weighted by Crippen LogP contribution is -2.49. The molecule has 0 amide bonds. The van der Waals surface area contributed by atoms with Crippen LogP contribution in [0.4, 0.5) is 0 Å². The zero-order chi connectivity index (χ0) is 15.0. The van der Waals surface area contributed by atoms with Gasteiger partial charge in [-0.2, -0.15) is 0 Å².